The predicted molar refractivity (Wildman–Crippen MR) is 124 cm³/mol. The number of carbonyl (C=O) groups excluding carboxylic acids is 4. The normalized spacial score (nSPS) is 22.1. The maximum atomic E-state index is 12.8. The van der Waals surface area contributed by atoms with Gasteiger partial charge in [0.05, 0.1) is 11.1 Å². The molecule has 10 heteroatoms. The molecule has 0 spiro atoms. The maximum absolute atomic E-state index is 12.8. The van der Waals surface area contributed by atoms with E-state index in [4.69, 9.17) is 14.2 Å². The molecule has 184 valence electrons. The van der Waals surface area contributed by atoms with E-state index in [0.717, 1.165) is 11.1 Å². The quantitative estimate of drug-likeness (QED) is 0.631. The van der Waals surface area contributed by atoms with Gasteiger partial charge >= 0.3 is 24.0 Å². The SMILES string of the molecule is Cc1ccc(C(=O)OC[C@@H]2O[C@H](N3CN(C)C(=O)NC3=O)C[C@H]2OC(=O)c2ccc(C)cc2)cc1. The molecule has 0 aromatic heterocycles. The fraction of sp³-hybridized carbons (Fsp3) is 0.360. The van der Waals surface area contributed by atoms with Crippen LogP contribution in [0.5, 0.6) is 0 Å². The summed E-state index contributed by atoms with van der Waals surface area (Å²) in [5.74, 6) is -1.09. The fourth-order valence-corrected chi connectivity index (χ4v) is 3.83. The molecule has 4 amide bonds. The zero-order chi connectivity index (χ0) is 25.1. The average molecular weight is 482 g/mol. The van der Waals surface area contributed by atoms with Gasteiger partial charge in [-0.2, -0.15) is 0 Å². The van der Waals surface area contributed by atoms with Crippen LogP contribution in [0.25, 0.3) is 0 Å². The highest BCUT2D eigenvalue weighted by molar-refractivity contribution is 5.95. The van der Waals surface area contributed by atoms with Crippen LogP contribution in [0, 0.1) is 13.8 Å². The van der Waals surface area contributed by atoms with Crippen molar-refractivity contribution in [2.24, 2.45) is 0 Å². The molecule has 35 heavy (non-hydrogen) atoms. The number of nitrogens with zero attached hydrogens (tertiary/aromatic N) is 2. The smallest absolute Gasteiger partial charge is 0.338 e. The van der Waals surface area contributed by atoms with Gasteiger partial charge in [-0.1, -0.05) is 35.4 Å². The van der Waals surface area contributed by atoms with Gasteiger partial charge < -0.3 is 19.1 Å². The Morgan fingerprint density at radius 1 is 0.943 bits per heavy atom. The Labute approximate surface area is 202 Å². The van der Waals surface area contributed by atoms with E-state index in [0.29, 0.717) is 11.1 Å². The third kappa shape index (κ3) is 5.60. The number of rotatable bonds is 6. The summed E-state index contributed by atoms with van der Waals surface area (Å²) in [5.41, 5.74) is 2.76. The van der Waals surface area contributed by atoms with E-state index in [2.05, 4.69) is 5.32 Å². The number of aryl methyl sites for hydroxylation is 2. The second-order valence-electron chi connectivity index (χ2n) is 8.68. The Balaban J connectivity index is 1.47. The van der Waals surface area contributed by atoms with Crippen LogP contribution >= 0.6 is 0 Å². The topological polar surface area (TPSA) is 114 Å². The number of hydrogen-bond acceptors (Lipinski definition) is 7. The number of esters is 2. The van der Waals surface area contributed by atoms with E-state index in [1.54, 1.807) is 55.6 Å². The fourth-order valence-electron chi connectivity index (χ4n) is 3.83. The highest BCUT2D eigenvalue weighted by Gasteiger charge is 2.45. The van der Waals surface area contributed by atoms with E-state index in [1.165, 1.54) is 9.80 Å². The van der Waals surface area contributed by atoms with Crippen molar-refractivity contribution < 1.29 is 33.4 Å². The van der Waals surface area contributed by atoms with Crippen molar-refractivity contribution in [1.82, 2.24) is 15.1 Å². The minimum Gasteiger partial charge on any atom is -0.459 e. The van der Waals surface area contributed by atoms with Gasteiger partial charge in [0, 0.05) is 13.5 Å². The number of nitrogens with one attached hydrogen (secondary N) is 1. The van der Waals surface area contributed by atoms with Gasteiger partial charge in [0.2, 0.25) is 0 Å². The van der Waals surface area contributed by atoms with E-state index in [9.17, 15) is 19.2 Å². The zero-order valence-corrected chi connectivity index (χ0v) is 19.7. The van der Waals surface area contributed by atoms with Crippen molar-refractivity contribution in [3.8, 4) is 0 Å². The molecular weight excluding hydrogens is 454 g/mol. The summed E-state index contributed by atoms with van der Waals surface area (Å²) in [4.78, 5) is 52.1. The second kappa shape index (κ2) is 10.1. The average Bonchev–Trinajstić information content (AvgIpc) is 3.22. The molecule has 10 nitrogen and oxygen atoms in total. The van der Waals surface area contributed by atoms with Crippen LogP contribution in [-0.4, -0.2) is 72.6 Å². The molecule has 2 aliphatic heterocycles. The summed E-state index contributed by atoms with van der Waals surface area (Å²) >= 11 is 0. The first-order chi connectivity index (χ1) is 16.7. The lowest BCUT2D eigenvalue weighted by Crippen LogP contribution is -2.60. The van der Waals surface area contributed by atoms with Crippen molar-refractivity contribution in [3.05, 3.63) is 70.8 Å². The van der Waals surface area contributed by atoms with E-state index >= 15 is 0 Å². The Hall–Kier alpha value is -3.92. The van der Waals surface area contributed by atoms with Crippen molar-refractivity contribution in [2.75, 3.05) is 20.3 Å². The molecule has 2 saturated heterocycles. The summed E-state index contributed by atoms with van der Waals surface area (Å²) < 4.78 is 17.2. The molecule has 0 unspecified atom stereocenters. The molecule has 2 aromatic carbocycles. The summed E-state index contributed by atoms with van der Waals surface area (Å²) in [6, 6.07) is 12.7. The van der Waals surface area contributed by atoms with Gasteiger partial charge in [-0.3, -0.25) is 10.2 Å². The van der Waals surface area contributed by atoms with Crippen LogP contribution < -0.4 is 5.32 Å². The second-order valence-corrected chi connectivity index (χ2v) is 8.68. The summed E-state index contributed by atoms with van der Waals surface area (Å²) in [5, 5.41) is 2.23. The lowest BCUT2D eigenvalue weighted by molar-refractivity contribution is -0.0793. The molecule has 2 aliphatic rings. The number of amides is 4. The molecule has 2 fully saturated rings. The van der Waals surface area contributed by atoms with Crippen LogP contribution in [0.1, 0.15) is 38.3 Å². The summed E-state index contributed by atoms with van der Waals surface area (Å²) in [6.45, 7) is 3.65. The number of hydrogen-bond donors (Lipinski definition) is 1. The lowest BCUT2D eigenvalue weighted by atomic mass is 10.1. The number of imide groups is 1. The van der Waals surface area contributed by atoms with Gasteiger partial charge in [0.25, 0.3) is 0 Å². The van der Waals surface area contributed by atoms with Crippen molar-refractivity contribution >= 4 is 24.0 Å². The van der Waals surface area contributed by atoms with Gasteiger partial charge in [-0.05, 0) is 38.1 Å². The van der Waals surface area contributed by atoms with Crippen LogP contribution in [0.15, 0.2) is 48.5 Å². The highest BCUT2D eigenvalue weighted by atomic mass is 16.6. The van der Waals surface area contributed by atoms with Gasteiger partial charge in [0.15, 0.2) is 0 Å². The van der Waals surface area contributed by atoms with Gasteiger partial charge in [-0.15, -0.1) is 0 Å². The number of benzene rings is 2. The molecule has 2 heterocycles. The lowest BCUT2D eigenvalue weighted by Gasteiger charge is -2.36. The molecule has 3 atom stereocenters. The predicted octanol–water partition coefficient (Wildman–Crippen LogP) is 2.84. The number of urea groups is 2. The van der Waals surface area contributed by atoms with E-state index in [-0.39, 0.29) is 19.7 Å². The largest absolute Gasteiger partial charge is 0.459 e. The molecule has 0 aliphatic carbocycles. The number of carbonyl (C=O) groups is 4. The standard InChI is InChI=1S/C25H27N3O7/c1-15-4-8-17(9-5-15)22(29)33-13-20-19(35-23(30)18-10-6-16(2)7-11-18)12-21(34-20)28-14-27(3)24(31)26-25(28)32/h4-11,19-21H,12-14H2,1-3H3,(H,26,31,32)/t19-,20+,21+/m1/s1. The first-order valence-corrected chi connectivity index (χ1v) is 11.2. The molecule has 4 rings (SSSR count). The highest BCUT2D eigenvalue weighted by Crippen LogP contribution is 2.28. The molecule has 0 saturated carbocycles. The molecule has 2 aromatic rings. The Bertz CT molecular complexity index is 1120. The van der Waals surface area contributed by atoms with Gasteiger partial charge in [0.1, 0.15) is 31.7 Å². The molecule has 0 radical (unpaired) electrons. The Morgan fingerprint density at radius 2 is 1.51 bits per heavy atom. The molecule has 1 N–H and O–H groups in total. The molecule has 0 bridgehead atoms. The van der Waals surface area contributed by atoms with Crippen molar-refractivity contribution in [2.45, 2.75) is 38.7 Å². The van der Waals surface area contributed by atoms with Crippen LogP contribution in [0.2, 0.25) is 0 Å². The third-order valence-electron chi connectivity index (χ3n) is 5.93. The summed E-state index contributed by atoms with van der Waals surface area (Å²) in [6.07, 6.45) is -2.22. The first-order valence-electron chi connectivity index (χ1n) is 11.2. The first kappa shape index (κ1) is 24.2. The molecular formula is C25H27N3O7. The Morgan fingerprint density at radius 3 is 2.11 bits per heavy atom. The van der Waals surface area contributed by atoms with Crippen LogP contribution in [0.4, 0.5) is 9.59 Å². The van der Waals surface area contributed by atoms with Crippen molar-refractivity contribution in [3.63, 3.8) is 0 Å². The van der Waals surface area contributed by atoms with Crippen molar-refractivity contribution in [1.29, 1.82) is 0 Å². The third-order valence-corrected chi connectivity index (χ3v) is 5.93. The number of ether oxygens (including phenoxy) is 3. The van der Waals surface area contributed by atoms with Crippen LogP contribution in [0.3, 0.4) is 0 Å². The monoisotopic (exact) mass is 481 g/mol. The maximum Gasteiger partial charge on any atom is 0.338 e. The van der Waals surface area contributed by atoms with E-state index in [1.807, 2.05) is 13.8 Å². The Kier molecular flexibility index (Phi) is 7.02. The van der Waals surface area contributed by atoms with Crippen LogP contribution in [-0.2, 0) is 14.2 Å². The summed E-state index contributed by atoms with van der Waals surface area (Å²) in [7, 11) is 1.54. The van der Waals surface area contributed by atoms with E-state index < -0.39 is 42.4 Å². The minimum atomic E-state index is -0.806. The zero-order valence-electron chi connectivity index (χ0n) is 19.7. The minimum absolute atomic E-state index is 0.00381. The van der Waals surface area contributed by atoms with Gasteiger partial charge in [-0.25, -0.2) is 19.2 Å².